The molecule has 1 amide bonds. The summed E-state index contributed by atoms with van der Waals surface area (Å²) in [5.74, 6) is -0.235. The molecule has 3 heterocycles. The molecule has 1 fully saturated rings. The summed E-state index contributed by atoms with van der Waals surface area (Å²) in [6.45, 7) is -0.510. The molecule has 0 spiro atoms. The average Bonchev–Trinajstić information content (AvgIpc) is 3.29. The van der Waals surface area contributed by atoms with Crippen LogP contribution < -0.4 is 16.4 Å². The summed E-state index contributed by atoms with van der Waals surface area (Å²) in [5, 5.41) is 36.6. The van der Waals surface area contributed by atoms with Crippen molar-refractivity contribution in [1.82, 2.24) is 25.3 Å². The SMILES string of the molecule is NC(Cc1ccccc1)C(=O)N[C@@H]1[C@@H](O)[C@H](O)[C@@H](Nc2ncnc3nc[nH]c23)O[C@H]1CO. The Kier molecular flexibility index (Phi) is 6.58. The molecule has 0 saturated carbocycles. The van der Waals surface area contributed by atoms with Gasteiger partial charge in [0.05, 0.1) is 25.0 Å². The van der Waals surface area contributed by atoms with Crippen molar-refractivity contribution in [3.63, 3.8) is 0 Å². The van der Waals surface area contributed by atoms with E-state index in [1.54, 1.807) is 0 Å². The van der Waals surface area contributed by atoms with Crippen molar-refractivity contribution in [2.45, 2.75) is 43.0 Å². The number of fused-ring (bicyclic) bond motifs is 1. The van der Waals surface area contributed by atoms with Crippen molar-refractivity contribution in [2.24, 2.45) is 5.73 Å². The summed E-state index contributed by atoms with van der Waals surface area (Å²) < 4.78 is 5.74. The maximum Gasteiger partial charge on any atom is 0.237 e. The van der Waals surface area contributed by atoms with Crippen LogP contribution in [0.5, 0.6) is 0 Å². The number of anilines is 1. The average molecular weight is 443 g/mol. The zero-order valence-electron chi connectivity index (χ0n) is 17.0. The lowest BCUT2D eigenvalue weighted by molar-refractivity contribution is -0.185. The van der Waals surface area contributed by atoms with Gasteiger partial charge in [0.15, 0.2) is 17.7 Å². The third-order valence-electron chi connectivity index (χ3n) is 5.38. The molecule has 170 valence electrons. The third-order valence-corrected chi connectivity index (χ3v) is 5.38. The molecule has 0 bridgehead atoms. The fourth-order valence-electron chi connectivity index (χ4n) is 3.66. The van der Waals surface area contributed by atoms with Crippen molar-refractivity contribution < 1.29 is 24.9 Å². The number of imidazole rings is 1. The number of nitrogens with one attached hydrogen (secondary N) is 3. The molecule has 1 aliphatic heterocycles. The van der Waals surface area contributed by atoms with Crippen LogP contribution in [-0.4, -0.2) is 84.4 Å². The number of nitrogens with two attached hydrogens (primary N) is 1. The number of ether oxygens (including phenoxy) is 1. The smallest absolute Gasteiger partial charge is 0.237 e. The fourth-order valence-corrected chi connectivity index (χ4v) is 3.66. The lowest BCUT2D eigenvalue weighted by Crippen LogP contribution is -2.67. The molecule has 3 aromatic rings. The number of aliphatic hydroxyl groups excluding tert-OH is 3. The quantitative estimate of drug-likeness (QED) is 0.220. The predicted molar refractivity (Wildman–Crippen MR) is 113 cm³/mol. The van der Waals surface area contributed by atoms with Crippen LogP contribution in [0.3, 0.4) is 0 Å². The second-order valence-electron chi connectivity index (χ2n) is 7.56. The Labute approximate surface area is 182 Å². The van der Waals surface area contributed by atoms with E-state index < -0.39 is 49.1 Å². The van der Waals surface area contributed by atoms with E-state index in [9.17, 15) is 20.1 Å². The normalized spacial score (nSPS) is 26.6. The summed E-state index contributed by atoms with van der Waals surface area (Å²) in [6, 6.07) is 7.31. The van der Waals surface area contributed by atoms with Gasteiger partial charge >= 0.3 is 0 Å². The van der Waals surface area contributed by atoms with Crippen molar-refractivity contribution in [3.8, 4) is 0 Å². The van der Waals surface area contributed by atoms with Crippen LogP contribution in [0, 0.1) is 0 Å². The van der Waals surface area contributed by atoms with Crippen LogP contribution in [0.2, 0.25) is 0 Å². The highest BCUT2D eigenvalue weighted by atomic mass is 16.5. The number of rotatable bonds is 7. The largest absolute Gasteiger partial charge is 0.394 e. The van der Waals surface area contributed by atoms with Gasteiger partial charge in [0, 0.05) is 0 Å². The molecular formula is C20H25N7O5. The number of benzene rings is 1. The van der Waals surface area contributed by atoms with Crippen LogP contribution in [-0.2, 0) is 16.0 Å². The summed E-state index contributed by atoms with van der Waals surface area (Å²) in [4.78, 5) is 27.6. The van der Waals surface area contributed by atoms with Crippen LogP contribution in [0.25, 0.3) is 11.2 Å². The number of aromatic nitrogens is 4. The monoisotopic (exact) mass is 443 g/mol. The van der Waals surface area contributed by atoms with E-state index in [4.69, 9.17) is 10.5 Å². The van der Waals surface area contributed by atoms with E-state index in [-0.39, 0.29) is 0 Å². The van der Waals surface area contributed by atoms with Gasteiger partial charge in [0.25, 0.3) is 0 Å². The second-order valence-corrected chi connectivity index (χ2v) is 7.56. The van der Waals surface area contributed by atoms with E-state index in [2.05, 4.69) is 30.6 Å². The fraction of sp³-hybridized carbons (Fsp3) is 0.400. The van der Waals surface area contributed by atoms with Gasteiger partial charge in [0.1, 0.15) is 30.2 Å². The molecule has 32 heavy (non-hydrogen) atoms. The zero-order chi connectivity index (χ0) is 22.7. The van der Waals surface area contributed by atoms with Crippen molar-refractivity contribution in [1.29, 1.82) is 0 Å². The van der Waals surface area contributed by atoms with Gasteiger partial charge in [-0.25, -0.2) is 15.0 Å². The number of carbonyl (C=O) groups is 1. The highest BCUT2D eigenvalue weighted by Crippen LogP contribution is 2.24. The van der Waals surface area contributed by atoms with Gasteiger partial charge in [-0.1, -0.05) is 30.3 Å². The summed E-state index contributed by atoms with van der Waals surface area (Å²) in [6.07, 6.45) is -1.98. The Bertz CT molecular complexity index is 1050. The predicted octanol–water partition coefficient (Wildman–Crippen LogP) is -1.74. The number of hydrogen-bond donors (Lipinski definition) is 7. The van der Waals surface area contributed by atoms with Crippen LogP contribution >= 0.6 is 0 Å². The second kappa shape index (κ2) is 9.54. The Hall–Kier alpha value is -3.16. The molecule has 12 heteroatoms. The molecule has 6 atom stereocenters. The molecule has 1 unspecified atom stereocenters. The first-order valence-electron chi connectivity index (χ1n) is 10.1. The lowest BCUT2D eigenvalue weighted by Gasteiger charge is -2.43. The third kappa shape index (κ3) is 4.54. The summed E-state index contributed by atoms with van der Waals surface area (Å²) in [5.41, 5.74) is 7.79. The van der Waals surface area contributed by atoms with Gasteiger partial charge in [-0.05, 0) is 12.0 Å². The van der Waals surface area contributed by atoms with Crippen molar-refractivity contribution >= 4 is 22.9 Å². The maximum absolute atomic E-state index is 12.6. The lowest BCUT2D eigenvalue weighted by atomic mass is 9.94. The minimum atomic E-state index is -1.44. The maximum atomic E-state index is 12.6. The first-order chi connectivity index (χ1) is 15.5. The summed E-state index contributed by atoms with van der Waals surface area (Å²) >= 11 is 0. The zero-order valence-corrected chi connectivity index (χ0v) is 17.0. The summed E-state index contributed by atoms with van der Waals surface area (Å²) in [7, 11) is 0. The standard InChI is InChI=1S/C20H25N7O5/c21-11(6-10-4-2-1-3-5-10)19(31)26-13-12(7-28)32-20(16(30)15(13)29)27-18-14-17(23-8-22-14)24-9-25-18/h1-5,8-9,11-13,15-16,20,28-30H,6-7,21H2,(H,26,31)(H2,22,23,24,25,27)/t11?,12-,13-,15+,16-,20-/m0/s1. The number of hydrogen-bond acceptors (Lipinski definition) is 10. The first-order valence-corrected chi connectivity index (χ1v) is 10.1. The number of amides is 1. The minimum Gasteiger partial charge on any atom is -0.394 e. The molecule has 2 aromatic heterocycles. The van der Waals surface area contributed by atoms with E-state index in [0.717, 1.165) is 5.56 Å². The van der Waals surface area contributed by atoms with Gasteiger partial charge in [-0.3, -0.25) is 4.79 Å². The highest BCUT2D eigenvalue weighted by molar-refractivity contribution is 5.83. The van der Waals surface area contributed by atoms with E-state index in [1.165, 1.54) is 12.7 Å². The number of carbonyl (C=O) groups excluding carboxylic acids is 1. The topological polar surface area (TPSA) is 192 Å². The van der Waals surface area contributed by atoms with Gasteiger partial charge in [0.2, 0.25) is 5.91 Å². The molecule has 4 rings (SSSR count). The van der Waals surface area contributed by atoms with E-state index in [0.29, 0.717) is 23.4 Å². The minimum absolute atomic E-state index is 0.292. The molecule has 8 N–H and O–H groups in total. The Morgan fingerprint density at radius 2 is 1.97 bits per heavy atom. The number of aliphatic hydroxyl groups is 3. The van der Waals surface area contributed by atoms with E-state index in [1.807, 2.05) is 30.3 Å². The van der Waals surface area contributed by atoms with Gasteiger partial charge < -0.3 is 41.4 Å². The van der Waals surface area contributed by atoms with Crippen molar-refractivity contribution in [3.05, 3.63) is 48.5 Å². The number of nitrogens with zero attached hydrogens (tertiary/aromatic N) is 3. The Morgan fingerprint density at radius 3 is 2.72 bits per heavy atom. The van der Waals surface area contributed by atoms with Crippen molar-refractivity contribution in [2.75, 3.05) is 11.9 Å². The molecule has 12 nitrogen and oxygen atoms in total. The van der Waals surface area contributed by atoms with Gasteiger partial charge in [-0.2, -0.15) is 0 Å². The number of aromatic amines is 1. The van der Waals surface area contributed by atoms with Crippen LogP contribution in [0.1, 0.15) is 5.56 Å². The number of H-pyrrole nitrogens is 1. The molecule has 0 aliphatic carbocycles. The van der Waals surface area contributed by atoms with E-state index >= 15 is 0 Å². The highest BCUT2D eigenvalue weighted by Gasteiger charge is 2.45. The van der Waals surface area contributed by atoms with Crippen LogP contribution in [0.4, 0.5) is 5.82 Å². The van der Waals surface area contributed by atoms with Gasteiger partial charge in [-0.15, -0.1) is 0 Å². The molecule has 1 aromatic carbocycles. The molecular weight excluding hydrogens is 418 g/mol. The molecule has 1 saturated heterocycles. The van der Waals surface area contributed by atoms with Crippen LogP contribution in [0.15, 0.2) is 43.0 Å². The Balaban J connectivity index is 1.43. The Morgan fingerprint density at radius 1 is 1.19 bits per heavy atom. The molecule has 0 radical (unpaired) electrons. The molecule has 1 aliphatic rings. The first kappa shape index (κ1) is 22.0.